The molecule has 3 aromatic rings. The van der Waals surface area contributed by atoms with E-state index in [1.807, 2.05) is 6.92 Å². The number of halogens is 1. The highest BCUT2D eigenvalue weighted by Crippen LogP contribution is 2.24. The number of hydrogen-bond acceptors (Lipinski definition) is 5. The number of amides is 3. The topological polar surface area (TPSA) is 109 Å². The first kappa shape index (κ1) is 22.0. The van der Waals surface area contributed by atoms with Gasteiger partial charge in [-0.3, -0.25) is 19.4 Å². The molecule has 0 aliphatic heterocycles. The Bertz CT molecular complexity index is 1150. The summed E-state index contributed by atoms with van der Waals surface area (Å²) in [7, 11) is 1.51. The molecule has 0 aliphatic rings. The smallest absolute Gasteiger partial charge is 0.314 e. The highest BCUT2D eigenvalue weighted by Gasteiger charge is 2.15. The lowest BCUT2D eigenvalue weighted by atomic mass is 10.2. The van der Waals surface area contributed by atoms with E-state index in [9.17, 15) is 14.4 Å². The molecule has 9 heteroatoms. The number of hydrogen-bond donors (Lipinski definition) is 3. The molecule has 158 valence electrons. The molecule has 1 aromatic heterocycles. The molecule has 3 N–H and O–H groups in total. The molecule has 0 fully saturated rings. The summed E-state index contributed by atoms with van der Waals surface area (Å²) in [5.41, 5.74) is 2.04. The number of carbonyl (C=O) groups excluding carboxylic acids is 3. The van der Waals surface area contributed by atoms with Crippen LogP contribution in [0.5, 0.6) is 11.5 Å². The number of benzene rings is 2. The number of pyridine rings is 1. The van der Waals surface area contributed by atoms with E-state index >= 15 is 0 Å². The SMILES string of the molecule is CNC(=O)c1cc(Oc2cccc(NC(=O)C(=O)Nc3ccc(Br)c(C)c3)c2)ccn1. The molecule has 0 radical (unpaired) electrons. The van der Waals surface area contributed by atoms with Crippen molar-refractivity contribution in [3.63, 3.8) is 0 Å². The van der Waals surface area contributed by atoms with Crippen LogP contribution in [0.3, 0.4) is 0 Å². The van der Waals surface area contributed by atoms with Crippen molar-refractivity contribution in [1.82, 2.24) is 10.3 Å². The number of rotatable bonds is 5. The Morgan fingerprint density at radius 1 is 0.903 bits per heavy atom. The quantitative estimate of drug-likeness (QED) is 0.478. The average Bonchev–Trinajstić information content (AvgIpc) is 2.76. The molecule has 0 spiro atoms. The molecular weight excluding hydrogens is 464 g/mol. The average molecular weight is 483 g/mol. The van der Waals surface area contributed by atoms with Crippen LogP contribution in [0.2, 0.25) is 0 Å². The fourth-order valence-corrected chi connectivity index (χ4v) is 2.85. The van der Waals surface area contributed by atoms with E-state index in [4.69, 9.17) is 4.74 Å². The van der Waals surface area contributed by atoms with Crippen molar-refractivity contribution in [2.24, 2.45) is 0 Å². The van der Waals surface area contributed by atoms with Crippen LogP contribution < -0.4 is 20.7 Å². The van der Waals surface area contributed by atoms with Gasteiger partial charge < -0.3 is 20.7 Å². The first-order chi connectivity index (χ1) is 14.9. The van der Waals surface area contributed by atoms with Gasteiger partial charge in [0.1, 0.15) is 17.2 Å². The van der Waals surface area contributed by atoms with Crippen molar-refractivity contribution in [2.45, 2.75) is 6.92 Å². The molecule has 0 saturated carbocycles. The Kier molecular flexibility index (Phi) is 6.99. The van der Waals surface area contributed by atoms with Crippen LogP contribution in [0.25, 0.3) is 0 Å². The third kappa shape index (κ3) is 5.89. The Morgan fingerprint density at radius 3 is 2.26 bits per heavy atom. The zero-order valence-electron chi connectivity index (χ0n) is 16.7. The molecule has 0 saturated heterocycles. The second-order valence-electron chi connectivity index (χ2n) is 6.46. The van der Waals surface area contributed by atoms with Crippen molar-refractivity contribution in [1.29, 1.82) is 0 Å². The number of aryl methyl sites for hydroxylation is 1. The van der Waals surface area contributed by atoms with Gasteiger partial charge in [-0.2, -0.15) is 0 Å². The minimum atomic E-state index is -0.816. The van der Waals surface area contributed by atoms with Gasteiger partial charge in [0.2, 0.25) is 0 Å². The van der Waals surface area contributed by atoms with Gasteiger partial charge >= 0.3 is 11.8 Å². The summed E-state index contributed by atoms with van der Waals surface area (Å²) in [6.45, 7) is 1.88. The molecule has 1 heterocycles. The molecule has 2 aromatic carbocycles. The van der Waals surface area contributed by atoms with Gasteiger partial charge in [-0.25, -0.2) is 0 Å². The van der Waals surface area contributed by atoms with Crippen LogP contribution in [0, 0.1) is 6.92 Å². The number of nitrogens with one attached hydrogen (secondary N) is 3. The van der Waals surface area contributed by atoms with Crippen molar-refractivity contribution in [2.75, 3.05) is 17.7 Å². The largest absolute Gasteiger partial charge is 0.457 e. The summed E-state index contributed by atoms with van der Waals surface area (Å²) in [6, 6.07) is 14.9. The minimum Gasteiger partial charge on any atom is -0.457 e. The van der Waals surface area contributed by atoms with Crippen LogP contribution >= 0.6 is 15.9 Å². The van der Waals surface area contributed by atoms with Crippen molar-refractivity contribution in [3.8, 4) is 11.5 Å². The van der Waals surface area contributed by atoms with Gasteiger partial charge in [0, 0.05) is 41.2 Å². The fourth-order valence-electron chi connectivity index (χ4n) is 2.60. The van der Waals surface area contributed by atoms with Gasteiger partial charge in [0.05, 0.1) is 0 Å². The van der Waals surface area contributed by atoms with Gasteiger partial charge in [-0.05, 0) is 48.9 Å². The molecule has 0 atom stereocenters. The van der Waals surface area contributed by atoms with E-state index in [1.54, 1.807) is 48.5 Å². The Balaban J connectivity index is 1.66. The molecule has 0 bridgehead atoms. The van der Waals surface area contributed by atoms with Gasteiger partial charge in [0.15, 0.2) is 0 Å². The molecule has 0 aliphatic carbocycles. The Morgan fingerprint density at radius 2 is 1.58 bits per heavy atom. The monoisotopic (exact) mass is 482 g/mol. The molecule has 31 heavy (non-hydrogen) atoms. The van der Waals surface area contributed by atoms with Gasteiger partial charge in [-0.1, -0.05) is 22.0 Å². The van der Waals surface area contributed by atoms with Crippen molar-refractivity contribution >= 4 is 45.0 Å². The Labute approximate surface area is 187 Å². The lowest BCUT2D eigenvalue weighted by Gasteiger charge is -2.10. The molecule has 8 nitrogen and oxygen atoms in total. The molecule has 0 unspecified atom stereocenters. The predicted octanol–water partition coefficient (Wildman–Crippen LogP) is 3.88. The summed E-state index contributed by atoms with van der Waals surface area (Å²) in [4.78, 5) is 40.2. The number of carbonyl (C=O) groups is 3. The highest BCUT2D eigenvalue weighted by atomic mass is 79.9. The van der Waals surface area contributed by atoms with E-state index in [1.165, 1.54) is 19.3 Å². The molecular formula is C22H19BrN4O4. The summed E-state index contributed by atoms with van der Waals surface area (Å²) < 4.78 is 6.65. The second-order valence-corrected chi connectivity index (χ2v) is 7.31. The van der Waals surface area contributed by atoms with E-state index in [-0.39, 0.29) is 11.6 Å². The van der Waals surface area contributed by atoms with Crippen LogP contribution in [0.15, 0.2) is 65.3 Å². The first-order valence-electron chi connectivity index (χ1n) is 9.20. The van der Waals surface area contributed by atoms with Crippen molar-refractivity contribution < 1.29 is 19.1 Å². The standard InChI is InChI=1S/C22H19BrN4O4/c1-13-10-15(6-7-18(13)23)27-22(30)21(29)26-14-4-3-5-16(11-14)31-17-8-9-25-19(12-17)20(28)24-2/h3-12H,1-2H3,(H,24,28)(H,26,29)(H,27,30). The third-order valence-electron chi connectivity index (χ3n) is 4.14. The number of aromatic nitrogens is 1. The zero-order chi connectivity index (χ0) is 22.4. The maximum Gasteiger partial charge on any atom is 0.314 e. The number of ether oxygens (including phenoxy) is 1. The fraction of sp³-hybridized carbons (Fsp3) is 0.0909. The third-order valence-corrected chi connectivity index (χ3v) is 5.03. The van der Waals surface area contributed by atoms with Crippen molar-refractivity contribution in [3.05, 3.63) is 76.5 Å². The Hall–Kier alpha value is -3.72. The van der Waals surface area contributed by atoms with E-state index in [2.05, 4.69) is 36.9 Å². The van der Waals surface area contributed by atoms with E-state index in [0.29, 0.717) is 22.9 Å². The summed E-state index contributed by atoms with van der Waals surface area (Å²) in [5, 5.41) is 7.59. The normalized spacial score (nSPS) is 10.2. The predicted molar refractivity (Wildman–Crippen MR) is 120 cm³/mol. The number of anilines is 2. The first-order valence-corrected chi connectivity index (χ1v) is 9.99. The maximum atomic E-state index is 12.3. The van der Waals surface area contributed by atoms with Gasteiger partial charge in [0.25, 0.3) is 5.91 Å². The summed E-state index contributed by atoms with van der Waals surface area (Å²) >= 11 is 3.39. The second kappa shape index (κ2) is 9.86. The van der Waals surface area contributed by atoms with E-state index < -0.39 is 11.8 Å². The zero-order valence-corrected chi connectivity index (χ0v) is 18.3. The molecule has 3 rings (SSSR count). The van der Waals surface area contributed by atoms with Crippen LogP contribution in [0.4, 0.5) is 11.4 Å². The highest BCUT2D eigenvalue weighted by molar-refractivity contribution is 9.10. The van der Waals surface area contributed by atoms with Crippen LogP contribution in [-0.4, -0.2) is 29.8 Å². The van der Waals surface area contributed by atoms with Gasteiger partial charge in [-0.15, -0.1) is 0 Å². The lowest BCUT2D eigenvalue weighted by Crippen LogP contribution is -2.29. The van der Waals surface area contributed by atoms with Crippen LogP contribution in [-0.2, 0) is 9.59 Å². The number of nitrogens with zero attached hydrogens (tertiary/aromatic N) is 1. The maximum absolute atomic E-state index is 12.3. The summed E-state index contributed by atoms with van der Waals surface area (Å²) in [5.74, 6) is -1.13. The lowest BCUT2D eigenvalue weighted by molar-refractivity contribution is -0.132. The minimum absolute atomic E-state index is 0.212. The van der Waals surface area contributed by atoms with Crippen LogP contribution in [0.1, 0.15) is 16.1 Å². The molecule has 3 amide bonds. The summed E-state index contributed by atoms with van der Waals surface area (Å²) in [6.07, 6.45) is 1.46. The van der Waals surface area contributed by atoms with E-state index in [0.717, 1.165) is 10.0 Å².